The van der Waals surface area contributed by atoms with Crippen molar-refractivity contribution in [3.05, 3.63) is 72.9 Å². The smallest absolute Gasteiger partial charge is 0.411 e. The number of methoxy groups -OCH3 is 1. The number of hydrogen-bond acceptors (Lipinski definition) is 6. The molecular weight excluding hydrogens is 392 g/mol. The van der Waals surface area contributed by atoms with E-state index in [4.69, 9.17) is 14.7 Å². The number of nitrogens with one attached hydrogen (secondary N) is 3. The second-order valence-corrected chi connectivity index (χ2v) is 6.87. The Morgan fingerprint density at radius 1 is 1.00 bits per heavy atom. The lowest BCUT2D eigenvalue weighted by Gasteiger charge is -2.13. The average Bonchev–Trinajstić information content (AvgIpc) is 3.27. The number of aromatic amines is 1. The van der Waals surface area contributed by atoms with Crippen LogP contribution >= 0.6 is 0 Å². The molecule has 0 aliphatic rings. The van der Waals surface area contributed by atoms with Gasteiger partial charge in [-0.2, -0.15) is 5.10 Å². The van der Waals surface area contributed by atoms with Gasteiger partial charge < -0.3 is 10.1 Å². The van der Waals surface area contributed by atoms with Crippen molar-refractivity contribution < 1.29 is 9.53 Å². The lowest BCUT2D eigenvalue weighted by Crippen LogP contribution is -2.12. The zero-order valence-electron chi connectivity index (χ0n) is 16.6. The van der Waals surface area contributed by atoms with Crippen molar-refractivity contribution in [1.29, 1.82) is 0 Å². The van der Waals surface area contributed by atoms with Crippen molar-refractivity contribution in [2.45, 2.75) is 0 Å². The SMILES string of the molecule is COC(=O)Nc1ccccc1-c1nc(Nc2ccc3[nH]ncc3c2)c2ccccc2n1. The predicted octanol–water partition coefficient (Wildman–Crippen LogP) is 5.10. The molecule has 2 aromatic heterocycles. The standard InChI is InChI=1S/C23H18N6O2/c1-31-23(30)27-20-9-5-3-7-17(20)22-26-19-8-4-2-6-16(19)21(28-22)25-15-10-11-18-14(12-15)13-24-29-18/h2-13H,1H3,(H,24,29)(H,27,30)(H,25,26,28). The van der Waals surface area contributed by atoms with Gasteiger partial charge in [0.15, 0.2) is 5.82 Å². The number of rotatable bonds is 4. The van der Waals surface area contributed by atoms with Crippen molar-refractivity contribution in [3.63, 3.8) is 0 Å². The van der Waals surface area contributed by atoms with E-state index < -0.39 is 6.09 Å². The van der Waals surface area contributed by atoms with Crippen LogP contribution in [0.25, 0.3) is 33.2 Å². The van der Waals surface area contributed by atoms with Gasteiger partial charge in [0.25, 0.3) is 0 Å². The number of benzene rings is 3. The number of anilines is 3. The molecule has 8 heteroatoms. The van der Waals surface area contributed by atoms with Gasteiger partial charge in [-0.05, 0) is 42.5 Å². The first kappa shape index (κ1) is 18.6. The van der Waals surface area contributed by atoms with E-state index in [0.717, 1.165) is 27.5 Å². The van der Waals surface area contributed by atoms with Crippen molar-refractivity contribution in [2.75, 3.05) is 17.7 Å². The number of ether oxygens (including phenoxy) is 1. The molecule has 0 aliphatic carbocycles. The number of fused-ring (bicyclic) bond motifs is 2. The van der Waals surface area contributed by atoms with Gasteiger partial charge in [-0.15, -0.1) is 0 Å². The maximum atomic E-state index is 11.8. The van der Waals surface area contributed by atoms with Gasteiger partial charge in [-0.25, -0.2) is 14.8 Å². The molecule has 5 rings (SSSR count). The van der Waals surface area contributed by atoms with E-state index >= 15 is 0 Å². The number of amides is 1. The third-order valence-electron chi connectivity index (χ3n) is 4.90. The minimum atomic E-state index is -0.556. The molecule has 1 amide bonds. The molecule has 0 saturated heterocycles. The molecule has 0 atom stereocenters. The number of H-pyrrole nitrogens is 1. The van der Waals surface area contributed by atoms with Crippen molar-refractivity contribution >= 4 is 45.1 Å². The second-order valence-electron chi connectivity index (χ2n) is 6.87. The number of carbonyl (C=O) groups excluding carboxylic acids is 1. The van der Waals surface area contributed by atoms with Crippen LogP contribution in [0.2, 0.25) is 0 Å². The first-order chi connectivity index (χ1) is 15.2. The van der Waals surface area contributed by atoms with Gasteiger partial charge in [0, 0.05) is 22.0 Å². The van der Waals surface area contributed by atoms with Crippen LogP contribution < -0.4 is 10.6 Å². The highest BCUT2D eigenvalue weighted by atomic mass is 16.5. The summed E-state index contributed by atoms with van der Waals surface area (Å²) in [4.78, 5) is 21.3. The summed E-state index contributed by atoms with van der Waals surface area (Å²) in [6, 6.07) is 21.0. The van der Waals surface area contributed by atoms with Crippen LogP contribution in [-0.2, 0) is 4.74 Å². The zero-order valence-corrected chi connectivity index (χ0v) is 16.6. The highest BCUT2D eigenvalue weighted by Crippen LogP contribution is 2.31. The van der Waals surface area contributed by atoms with Crippen LogP contribution in [0.3, 0.4) is 0 Å². The van der Waals surface area contributed by atoms with Crippen molar-refractivity contribution in [2.24, 2.45) is 0 Å². The normalized spacial score (nSPS) is 10.9. The molecule has 0 fully saturated rings. The fourth-order valence-corrected chi connectivity index (χ4v) is 3.40. The van der Waals surface area contributed by atoms with Gasteiger partial charge in [0.1, 0.15) is 5.82 Å². The largest absolute Gasteiger partial charge is 0.453 e. The lowest BCUT2D eigenvalue weighted by atomic mass is 10.1. The van der Waals surface area contributed by atoms with Crippen LogP contribution in [0, 0.1) is 0 Å². The molecule has 0 unspecified atom stereocenters. The van der Waals surface area contributed by atoms with Crippen molar-refractivity contribution in [3.8, 4) is 11.4 Å². The van der Waals surface area contributed by atoms with Gasteiger partial charge in [-0.1, -0.05) is 24.3 Å². The van der Waals surface area contributed by atoms with Gasteiger partial charge in [0.05, 0.1) is 30.0 Å². The summed E-state index contributed by atoms with van der Waals surface area (Å²) in [6.45, 7) is 0. The molecule has 0 bridgehead atoms. The van der Waals surface area contributed by atoms with Crippen LogP contribution in [0.4, 0.5) is 22.0 Å². The summed E-state index contributed by atoms with van der Waals surface area (Å²) >= 11 is 0. The molecule has 5 aromatic rings. The molecule has 0 spiro atoms. The van der Waals surface area contributed by atoms with Crippen LogP contribution in [0.1, 0.15) is 0 Å². The molecule has 0 saturated carbocycles. The highest BCUT2D eigenvalue weighted by Gasteiger charge is 2.14. The number of para-hydroxylation sites is 2. The van der Waals surface area contributed by atoms with E-state index in [0.29, 0.717) is 22.9 Å². The number of nitrogens with zero attached hydrogens (tertiary/aromatic N) is 3. The van der Waals surface area contributed by atoms with Gasteiger partial charge >= 0.3 is 6.09 Å². The highest BCUT2D eigenvalue weighted by molar-refractivity contribution is 5.95. The lowest BCUT2D eigenvalue weighted by molar-refractivity contribution is 0.187. The first-order valence-electron chi connectivity index (χ1n) is 9.62. The molecule has 2 heterocycles. The van der Waals surface area contributed by atoms with Crippen molar-refractivity contribution in [1.82, 2.24) is 20.2 Å². The maximum absolute atomic E-state index is 11.8. The molecule has 152 valence electrons. The van der Waals surface area contributed by atoms with Gasteiger partial charge in [0.2, 0.25) is 0 Å². The first-order valence-corrected chi connectivity index (χ1v) is 9.62. The minimum Gasteiger partial charge on any atom is -0.453 e. The Labute approximate surface area is 177 Å². The Hall–Kier alpha value is -4.46. The topological polar surface area (TPSA) is 105 Å². The average molecular weight is 410 g/mol. The minimum absolute atomic E-state index is 0.484. The summed E-state index contributed by atoms with van der Waals surface area (Å²) in [6.07, 6.45) is 1.22. The molecule has 31 heavy (non-hydrogen) atoms. The number of aromatic nitrogens is 4. The van der Waals surface area contributed by atoms with Gasteiger partial charge in [-0.3, -0.25) is 10.4 Å². The van der Waals surface area contributed by atoms with E-state index in [1.165, 1.54) is 7.11 Å². The fourth-order valence-electron chi connectivity index (χ4n) is 3.40. The second kappa shape index (κ2) is 7.75. The Morgan fingerprint density at radius 2 is 1.84 bits per heavy atom. The monoisotopic (exact) mass is 410 g/mol. The third-order valence-corrected chi connectivity index (χ3v) is 4.90. The molecule has 3 N–H and O–H groups in total. The molecule has 8 nitrogen and oxygen atoms in total. The Bertz CT molecular complexity index is 1410. The number of carbonyl (C=O) groups is 1. The maximum Gasteiger partial charge on any atom is 0.411 e. The van der Waals surface area contributed by atoms with E-state index in [2.05, 4.69) is 20.8 Å². The molecule has 3 aromatic carbocycles. The Morgan fingerprint density at radius 3 is 2.74 bits per heavy atom. The van der Waals surface area contributed by atoms with Crippen LogP contribution in [0.15, 0.2) is 72.9 Å². The van der Waals surface area contributed by atoms with E-state index in [-0.39, 0.29) is 0 Å². The van der Waals surface area contributed by atoms with Crippen LogP contribution in [0.5, 0.6) is 0 Å². The number of hydrogen-bond donors (Lipinski definition) is 3. The molecular formula is C23H18N6O2. The van der Waals surface area contributed by atoms with Crippen LogP contribution in [-0.4, -0.2) is 33.4 Å². The fraction of sp³-hybridized carbons (Fsp3) is 0.0435. The van der Waals surface area contributed by atoms with E-state index in [1.807, 2.05) is 60.7 Å². The van der Waals surface area contributed by atoms with E-state index in [9.17, 15) is 4.79 Å². The third kappa shape index (κ3) is 3.62. The summed E-state index contributed by atoms with van der Waals surface area (Å²) in [5.74, 6) is 1.15. The summed E-state index contributed by atoms with van der Waals surface area (Å²) in [5.41, 5.74) is 3.88. The summed E-state index contributed by atoms with van der Waals surface area (Å²) in [7, 11) is 1.32. The van der Waals surface area contributed by atoms with E-state index in [1.54, 1.807) is 12.3 Å². The summed E-state index contributed by atoms with van der Waals surface area (Å²) < 4.78 is 4.74. The molecule has 0 radical (unpaired) electrons. The Kier molecular flexibility index (Phi) is 4.64. The Balaban J connectivity index is 1.62. The molecule has 0 aliphatic heterocycles. The summed E-state index contributed by atoms with van der Waals surface area (Å²) in [5, 5.41) is 15.0. The zero-order chi connectivity index (χ0) is 21.2. The predicted molar refractivity (Wildman–Crippen MR) is 120 cm³/mol. The quantitative estimate of drug-likeness (QED) is 0.381.